The highest BCUT2D eigenvalue weighted by Gasteiger charge is 2.18. The van der Waals surface area contributed by atoms with Gasteiger partial charge in [-0.3, -0.25) is 4.98 Å². The van der Waals surface area contributed by atoms with Gasteiger partial charge in [0.25, 0.3) is 0 Å². The van der Waals surface area contributed by atoms with Gasteiger partial charge >= 0.3 is 0 Å². The Morgan fingerprint density at radius 1 is 1.21 bits per heavy atom. The maximum Gasteiger partial charge on any atom is 0.237 e. The first-order chi connectivity index (χ1) is 9.29. The van der Waals surface area contributed by atoms with Gasteiger partial charge in [-0.2, -0.15) is 0 Å². The minimum atomic E-state index is -0.318. The molecule has 19 heavy (non-hydrogen) atoms. The second-order valence-electron chi connectivity index (χ2n) is 4.12. The maximum absolute atomic E-state index is 6.28. The van der Waals surface area contributed by atoms with E-state index in [1.807, 2.05) is 12.1 Å². The first-order valence-electron chi connectivity index (χ1n) is 5.88. The smallest absolute Gasteiger partial charge is 0.237 e. The van der Waals surface area contributed by atoms with Crippen molar-refractivity contribution in [2.24, 2.45) is 5.73 Å². The summed E-state index contributed by atoms with van der Waals surface area (Å²) in [6.45, 7) is 0. The van der Waals surface area contributed by atoms with Crippen molar-refractivity contribution in [2.75, 3.05) is 7.11 Å². The van der Waals surface area contributed by atoms with Crippen LogP contribution in [0.2, 0.25) is 0 Å². The van der Waals surface area contributed by atoms with Crippen LogP contribution in [0.5, 0.6) is 5.88 Å². The lowest BCUT2D eigenvalue weighted by molar-refractivity contribution is 0.387. The number of ether oxygens (including phenoxy) is 1. The van der Waals surface area contributed by atoms with E-state index in [4.69, 9.17) is 10.5 Å². The number of nitrogens with two attached hydrogens (primary N) is 1. The normalized spacial score (nSPS) is 12.5. The van der Waals surface area contributed by atoms with E-state index >= 15 is 0 Å². The number of thiophene rings is 1. The summed E-state index contributed by atoms with van der Waals surface area (Å²) in [4.78, 5) is 9.48. The maximum atomic E-state index is 6.28. The van der Waals surface area contributed by atoms with Crippen molar-refractivity contribution in [1.29, 1.82) is 0 Å². The topological polar surface area (TPSA) is 61.0 Å². The number of nitrogens with zero attached hydrogens (tertiary/aromatic N) is 2. The molecule has 1 aromatic carbocycles. The van der Waals surface area contributed by atoms with Crippen molar-refractivity contribution >= 4 is 21.4 Å². The van der Waals surface area contributed by atoms with Gasteiger partial charge in [0.2, 0.25) is 5.88 Å². The van der Waals surface area contributed by atoms with Crippen LogP contribution in [0.4, 0.5) is 0 Å². The second-order valence-corrected chi connectivity index (χ2v) is 5.23. The van der Waals surface area contributed by atoms with Crippen molar-refractivity contribution in [3.05, 3.63) is 53.3 Å². The molecule has 2 aromatic heterocycles. The number of fused-ring (bicyclic) bond motifs is 1. The molecule has 1 unspecified atom stereocenters. The minimum Gasteiger partial charge on any atom is -0.480 e. The van der Waals surface area contributed by atoms with Crippen molar-refractivity contribution in [3.8, 4) is 5.88 Å². The van der Waals surface area contributed by atoms with Crippen LogP contribution < -0.4 is 10.5 Å². The van der Waals surface area contributed by atoms with Crippen molar-refractivity contribution in [2.45, 2.75) is 6.04 Å². The molecule has 0 amide bonds. The number of methoxy groups -OCH3 is 1. The molecule has 0 saturated carbocycles. The molecule has 0 fully saturated rings. The van der Waals surface area contributed by atoms with Crippen molar-refractivity contribution < 1.29 is 4.74 Å². The molecule has 2 heterocycles. The minimum absolute atomic E-state index is 0.318. The number of hydrogen-bond donors (Lipinski definition) is 1. The van der Waals surface area contributed by atoms with E-state index in [9.17, 15) is 0 Å². The molecule has 0 spiro atoms. The highest BCUT2D eigenvalue weighted by Crippen LogP contribution is 2.33. The summed E-state index contributed by atoms with van der Waals surface area (Å²) < 4.78 is 6.43. The van der Waals surface area contributed by atoms with Gasteiger partial charge in [-0.25, -0.2) is 4.98 Å². The van der Waals surface area contributed by atoms with Crippen LogP contribution >= 0.6 is 11.3 Å². The summed E-state index contributed by atoms with van der Waals surface area (Å²) in [5.74, 6) is 0.479. The van der Waals surface area contributed by atoms with Crippen LogP contribution in [-0.4, -0.2) is 17.1 Å². The Morgan fingerprint density at radius 3 is 2.79 bits per heavy atom. The molecule has 0 aliphatic rings. The van der Waals surface area contributed by atoms with Crippen LogP contribution in [0.1, 0.15) is 16.6 Å². The molecule has 0 saturated heterocycles. The predicted molar refractivity (Wildman–Crippen MR) is 76.4 cm³/mol. The Morgan fingerprint density at radius 2 is 2.00 bits per heavy atom. The van der Waals surface area contributed by atoms with Crippen molar-refractivity contribution in [1.82, 2.24) is 9.97 Å². The van der Waals surface area contributed by atoms with Crippen LogP contribution in [0.15, 0.2) is 42.7 Å². The fourth-order valence-electron chi connectivity index (χ4n) is 2.00. The van der Waals surface area contributed by atoms with Gasteiger partial charge in [-0.15, -0.1) is 11.3 Å². The average Bonchev–Trinajstić information content (AvgIpc) is 2.90. The van der Waals surface area contributed by atoms with Crippen LogP contribution in [0, 0.1) is 0 Å². The van der Waals surface area contributed by atoms with Gasteiger partial charge in [-0.1, -0.05) is 18.2 Å². The average molecular weight is 271 g/mol. The number of aromatic nitrogens is 2. The number of benzene rings is 1. The van der Waals surface area contributed by atoms with Gasteiger partial charge < -0.3 is 10.5 Å². The number of hydrogen-bond acceptors (Lipinski definition) is 5. The van der Waals surface area contributed by atoms with Gasteiger partial charge in [0.05, 0.1) is 13.2 Å². The van der Waals surface area contributed by atoms with Gasteiger partial charge in [-0.05, 0) is 17.5 Å². The molecule has 5 heteroatoms. The van der Waals surface area contributed by atoms with E-state index in [-0.39, 0.29) is 6.04 Å². The lowest BCUT2D eigenvalue weighted by Gasteiger charge is -2.11. The third-order valence-corrected chi connectivity index (χ3v) is 4.13. The summed E-state index contributed by atoms with van der Waals surface area (Å²) in [6.07, 6.45) is 3.23. The Labute approximate surface area is 114 Å². The Balaban J connectivity index is 2.05. The molecule has 1 atom stereocenters. The molecule has 2 N–H and O–H groups in total. The molecule has 0 aliphatic heterocycles. The lowest BCUT2D eigenvalue weighted by atomic mass is 10.1. The predicted octanol–water partition coefficient (Wildman–Crippen LogP) is 2.75. The van der Waals surface area contributed by atoms with E-state index < -0.39 is 0 Å². The van der Waals surface area contributed by atoms with Gasteiger partial charge in [0.1, 0.15) is 5.69 Å². The van der Waals surface area contributed by atoms with E-state index in [1.54, 1.807) is 30.8 Å². The molecule has 3 aromatic rings. The number of rotatable bonds is 3. The van der Waals surface area contributed by atoms with E-state index in [0.717, 1.165) is 4.88 Å². The van der Waals surface area contributed by atoms with Crippen LogP contribution in [0.25, 0.3) is 10.1 Å². The second kappa shape index (κ2) is 4.95. The Bertz CT molecular complexity index is 677. The van der Waals surface area contributed by atoms with Crippen LogP contribution in [0.3, 0.4) is 0 Å². The fraction of sp³-hybridized carbons (Fsp3) is 0.143. The molecule has 96 valence electrons. The third kappa shape index (κ3) is 2.18. The Hall–Kier alpha value is -1.98. The first-order valence-corrected chi connectivity index (χ1v) is 6.70. The SMILES string of the molecule is COc1nccnc1C(N)c1cc2ccccc2s1. The highest BCUT2D eigenvalue weighted by molar-refractivity contribution is 7.19. The van der Waals surface area contributed by atoms with Crippen LogP contribution in [-0.2, 0) is 0 Å². The largest absolute Gasteiger partial charge is 0.480 e. The van der Waals surface area contributed by atoms with E-state index in [2.05, 4.69) is 28.2 Å². The zero-order valence-electron chi connectivity index (χ0n) is 10.4. The monoisotopic (exact) mass is 271 g/mol. The molecular weight excluding hydrogens is 258 g/mol. The molecule has 3 rings (SSSR count). The summed E-state index contributed by atoms with van der Waals surface area (Å²) >= 11 is 1.67. The zero-order valence-corrected chi connectivity index (χ0v) is 11.2. The zero-order chi connectivity index (χ0) is 13.2. The summed E-state index contributed by atoms with van der Waals surface area (Å²) in [7, 11) is 1.57. The molecule has 0 radical (unpaired) electrons. The van der Waals surface area contributed by atoms with E-state index in [1.165, 1.54) is 10.1 Å². The van der Waals surface area contributed by atoms with Gasteiger partial charge in [0.15, 0.2) is 0 Å². The standard InChI is InChI=1S/C14H13N3OS/c1-18-14-13(16-6-7-17-14)12(15)11-8-9-4-2-3-5-10(9)19-11/h2-8,12H,15H2,1H3. The van der Waals surface area contributed by atoms with Gasteiger partial charge in [0, 0.05) is 22.0 Å². The summed E-state index contributed by atoms with van der Waals surface area (Å²) in [5, 5.41) is 1.20. The fourth-order valence-corrected chi connectivity index (χ4v) is 3.07. The van der Waals surface area contributed by atoms with E-state index in [0.29, 0.717) is 11.6 Å². The van der Waals surface area contributed by atoms with Crippen molar-refractivity contribution in [3.63, 3.8) is 0 Å². The molecule has 4 nitrogen and oxygen atoms in total. The lowest BCUT2D eigenvalue weighted by Crippen LogP contribution is -2.14. The molecule has 0 aliphatic carbocycles. The summed E-state index contributed by atoms with van der Waals surface area (Å²) in [5.41, 5.74) is 6.95. The highest BCUT2D eigenvalue weighted by atomic mass is 32.1. The molecular formula is C14H13N3OS. The summed E-state index contributed by atoms with van der Waals surface area (Å²) in [6, 6.07) is 9.99. The first kappa shape index (κ1) is 12.1. The Kier molecular flexibility index (Phi) is 3.15. The quantitative estimate of drug-likeness (QED) is 0.795. The third-order valence-electron chi connectivity index (χ3n) is 2.93. The molecule has 0 bridgehead atoms.